The molecular weight excluding hydrogens is 354 g/mol. The molecule has 0 aliphatic carbocycles. The minimum atomic E-state index is -0.859. The summed E-state index contributed by atoms with van der Waals surface area (Å²) in [5.41, 5.74) is 8.32. The lowest BCUT2D eigenvalue weighted by molar-refractivity contribution is 0.0174. The number of nitrogens with zero attached hydrogens (tertiary/aromatic N) is 5. The second kappa shape index (κ2) is 10.1. The van der Waals surface area contributed by atoms with Gasteiger partial charge < -0.3 is 20.3 Å². The summed E-state index contributed by atoms with van der Waals surface area (Å²) in [6, 6.07) is 1.98. The number of nitriles is 1. The van der Waals surface area contributed by atoms with Crippen LogP contribution in [0.2, 0.25) is 0 Å². The molecule has 1 aromatic heterocycles. The number of rotatable bonds is 8. The fourth-order valence-corrected chi connectivity index (χ4v) is 2.44. The number of hydrogen-bond donors (Lipinski definition) is 2. The van der Waals surface area contributed by atoms with Gasteiger partial charge in [0.25, 0.3) is 0 Å². The van der Waals surface area contributed by atoms with Gasteiger partial charge in [-0.3, -0.25) is 4.84 Å². The van der Waals surface area contributed by atoms with Gasteiger partial charge in [0.15, 0.2) is 0 Å². The minimum Gasteiger partial charge on any atom is -0.445 e. The highest BCUT2D eigenvalue weighted by Gasteiger charge is 2.21. The van der Waals surface area contributed by atoms with Crippen LogP contribution < -0.4 is 16.1 Å². The Balaban J connectivity index is 1.75. The van der Waals surface area contributed by atoms with E-state index in [2.05, 4.69) is 15.4 Å². The average molecular weight is 375 g/mol. The van der Waals surface area contributed by atoms with Gasteiger partial charge in [-0.2, -0.15) is 10.7 Å². The summed E-state index contributed by atoms with van der Waals surface area (Å²) in [4.78, 5) is 39.3. The molecule has 0 bridgehead atoms. The predicted octanol–water partition coefficient (Wildman–Crippen LogP) is -0.809. The monoisotopic (exact) mass is 375 g/mol. The zero-order valence-electron chi connectivity index (χ0n) is 14.9. The van der Waals surface area contributed by atoms with Gasteiger partial charge in [0, 0.05) is 26.2 Å². The summed E-state index contributed by atoms with van der Waals surface area (Å²) in [5, 5.41) is 8.79. The molecule has 11 heteroatoms. The smallest absolute Gasteiger partial charge is 0.404 e. The molecular formula is C16H21N7O4. The standard InChI is InChI=1S/C16H21N7O4/c1-12(27-15(18)25)7-21-26-11-14(10-24)22-2-4-23(5-3-22)16-19-8-13(6-17)9-20-16/h8-9,12,21H,2-5,7,11H2,1H3,(H2,18,25). The first-order valence-electron chi connectivity index (χ1n) is 8.30. The normalized spacial score (nSPS) is 14.8. The van der Waals surface area contributed by atoms with E-state index in [1.807, 2.05) is 21.8 Å². The number of hydrogen-bond acceptors (Lipinski definition) is 10. The average Bonchev–Trinajstić information content (AvgIpc) is 2.68. The lowest BCUT2D eigenvalue weighted by Gasteiger charge is -2.35. The molecule has 3 N–H and O–H groups in total. The molecule has 144 valence electrons. The van der Waals surface area contributed by atoms with Crippen LogP contribution in [-0.4, -0.2) is 72.3 Å². The van der Waals surface area contributed by atoms with Gasteiger partial charge in [-0.25, -0.2) is 19.6 Å². The fourth-order valence-electron chi connectivity index (χ4n) is 2.44. The van der Waals surface area contributed by atoms with Gasteiger partial charge in [-0.05, 0) is 6.92 Å². The summed E-state index contributed by atoms with van der Waals surface area (Å²) >= 11 is 0. The molecule has 1 saturated heterocycles. The number of aromatic nitrogens is 2. The van der Waals surface area contributed by atoms with E-state index in [0.717, 1.165) is 0 Å². The van der Waals surface area contributed by atoms with Crippen LogP contribution in [-0.2, 0) is 14.4 Å². The Bertz CT molecular complexity index is 719. The quantitative estimate of drug-likeness (QED) is 0.336. The Labute approximate surface area is 156 Å². The highest BCUT2D eigenvalue weighted by atomic mass is 16.6. The number of carbonyl (C=O) groups is 1. The molecule has 0 spiro atoms. The molecule has 1 aromatic rings. The van der Waals surface area contributed by atoms with E-state index in [4.69, 9.17) is 20.6 Å². The van der Waals surface area contributed by atoms with Gasteiger partial charge in [0.1, 0.15) is 30.4 Å². The van der Waals surface area contributed by atoms with Crippen molar-refractivity contribution >= 4 is 18.0 Å². The maximum Gasteiger partial charge on any atom is 0.404 e. The van der Waals surface area contributed by atoms with Gasteiger partial charge >= 0.3 is 6.09 Å². The fraction of sp³-hybridized carbons (Fsp3) is 0.500. The van der Waals surface area contributed by atoms with Crippen LogP contribution in [0.15, 0.2) is 18.1 Å². The second-order valence-electron chi connectivity index (χ2n) is 5.79. The zero-order chi connectivity index (χ0) is 19.6. The maximum absolute atomic E-state index is 11.2. The number of nitrogens with one attached hydrogen (secondary N) is 1. The third kappa shape index (κ3) is 6.23. The molecule has 1 aliphatic rings. The second-order valence-corrected chi connectivity index (χ2v) is 5.79. The molecule has 0 saturated carbocycles. The van der Waals surface area contributed by atoms with E-state index < -0.39 is 12.2 Å². The Morgan fingerprint density at radius 3 is 2.59 bits per heavy atom. The van der Waals surface area contributed by atoms with Crippen LogP contribution >= 0.6 is 0 Å². The summed E-state index contributed by atoms with van der Waals surface area (Å²) in [7, 11) is 0. The number of carbonyl (C=O) groups excluding carboxylic acids is 2. The van der Waals surface area contributed by atoms with Gasteiger partial charge in [0.05, 0.1) is 24.5 Å². The van der Waals surface area contributed by atoms with Crippen molar-refractivity contribution in [1.29, 1.82) is 5.26 Å². The van der Waals surface area contributed by atoms with Crippen LogP contribution in [0.1, 0.15) is 12.5 Å². The van der Waals surface area contributed by atoms with Crippen molar-refractivity contribution in [1.82, 2.24) is 20.3 Å². The number of piperazine rings is 1. The minimum absolute atomic E-state index is 0.0279. The number of primary amides is 1. The summed E-state index contributed by atoms with van der Waals surface area (Å²) in [5.74, 6) is 2.45. The third-order valence-corrected chi connectivity index (χ3v) is 3.83. The number of ether oxygens (including phenoxy) is 1. The lowest BCUT2D eigenvalue weighted by Crippen LogP contribution is -2.47. The van der Waals surface area contributed by atoms with E-state index in [1.54, 1.807) is 6.92 Å². The van der Waals surface area contributed by atoms with Gasteiger partial charge in [-0.15, -0.1) is 0 Å². The van der Waals surface area contributed by atoms with E-state index in [1.165, 1.54) is 12.4 Å². The first kappa shape index (κ1) is 20.1. The van der Waals surface area contributed by atoms with Crippen molar-refractivity contribution in [3.63, 3.8) is 0 Å². The molecule has 27 heavy (non-hydrogen) atoms. The lowest BCUT2D eigenvalue weighted by atomic mass is 10.3. The van der Waals surface area contributed by atoms with Gasteiger partial charge in [0.2, 0.25) is 5.95 Å². The van der Waals surface area contributed by atoms with Crippen molar-refractivity contribution in [2.75, 3.05) is 44.2 Å². The first-order chi connectivity index (χ1) is 13.0. The molecule has 0 aromatic carbocycles. The van der Waals surface area contributed by atoms with Crippen molar-refractivity contribution in [2.24, 2.45) is 5.73 Å². The summed E-state index contributed by atoms with van der Waals surface area (Å²) < 4.78 is 4.73. The molecule has 1 atom stereocenters. The topological polar surface area (TPSA) is 147 Å². The zero-order valence-corrected chi connectivity index (χ0v) is 14.9. The van der Waals surface area contributed by atoms with Crippen LogP contribution in [0.5, 0.6) is 0 Å². The van der Waals surface area contributed by atoms with Crippen molar-refractivity contribution < 1.29 is 19.2 Å². The van der Waals surface area contributed by atoms with E-state index in [9.17, 15) is 9.59 Å². The van der Waals surface area contributed by atoms with E-state index in [-0.39, 0.29) is 13.2 Å². The number of nitrogens with two attached hydrogens (primary N) is 1. The molecule has 1 fully saturated rings. The largest absolute Gasteiger partial charge is 0.445 e. The highest BCUT2D eigenvalue weighted by molar-refractivity contribution is 5.64. The number of hydroxylamine groups is 1. The Kier molecular flexibility index (Phi) is 7.51. The van der Waals surface area contributed by atoms with Crippen molar-refractivity contribution in [2.45, 2.75) is 13.0 Å². The first-order valence-corrected chi connectivity index (χ1v) is 8.30. The van der Waals surface area contributed by atoms with Crippen LogP contribution in [0.25, 0.3) is 0 Å². The molecule has 0 radical (unpaired) electrons. The number of amides is 1. The maximum atomic E-state index is 11.2. The third-order valence-electron chi connectivity index (χ3n) is 3.83. The van der Waals surface area contributed by atoms with E-state index >= 15 is 0 Å². The SMILES string of the molecule is CC(CNOCC(=C=O)N1CCN(c2ncc(C#N)cn2)CC1)OC(N)=O. The van der Waals surface area contributed by atoms with E-state index in [0.29, 0.717) is 43.4 Å². The van der Waals surface area contributed by atoms with Crippen molar-refractivity contribution in [3.8, 4) is 6.07 Å². The molecule has 11 nitrogen and oxygen atoms in total. The van der Waals surface area contributed by atoms with Crippen molar-refractivity contribution in [3.05, 3.63) is 23.7 Å². The summed E-state index contributed by atoms with van der Waals surface area (Å²) in [6.45, 7) is 4.32. The predicted molar refractivity (Wildman–Crippen MR) is 93.8 cm³/mol. The molecule has 1 amide bonds. The number of anilines is 1. The van der Waals surface area contributed by atoms with Gasteiger partial charge in [-0.1, -0.05) is 0 Å². The van der Waals surface area contributed by atoms with Crippen LogP contribution in [0.3, 0.4) is 0 Å². The van der Waals surface area contributed by atoms with Crippen LogP contribution in [0.4, 0.5) is 10.7 Å². The Morgan fingerprint density at radius 2 is 2.04 bits per heavy atom. The molecule has 2 rings (SSSR count). The highest BCUT2D eigenvalue weighted by Crippen LogP contribution is 2.13. The molecule has 1 unspecified atom stereocenters. The molecule has 2 heterocycles. The Morgan fingerprint density at radius 1 is 1.37 bits per heavy atom. The molecule has 1 aliphatic heterocycles. The Hall–Kier alpha value is -3.19. The summed E-state index contributed by atoms with van der Waals surface area (Å²) in [6.07, 6.45) is 1.64. The van der Waals surface area contributed by atoms with Crippen LogP contribution in [0, 0.1) is 11.3 Å².